The molecule has 5 heteroatoms. The molecular weight excluding hydrogens is 775 g/mol. The van der Waals surface area contributed by atoms with E-state index in [1.54, 1.807) is 5.57 Å². The van der Waals surface area contributed by atoms with E-state index in [1.165, 1.54) is 250 Å². The van der Waals surface area contributed by atoms with Crippen LogP contribution in [0.2, 0.25) is 0 Å². The molecule has 0 amide bonds. The van der Waals surface area contributed by atoms with E-state index >= 15 is 0 Å². The topological polar surface area (TPSA) is 59.0 Å². The number of rotatable bonds is 51. The van der Waals surface area contributed by atoms with Gasteiger partial charge in [-0.25, -0.2) is 0 Å². The van der Waals surface area contributed by atoms with Crippen LogP contribution in [0.3, 0.4) is 0 Å². The lowest BCUT2D eigenvalue weighted by molar-refractivity contribution is -0.145. The highest BCUT2D eigenvalue weighted by molar-refractivity contribution is 5.69. The molecule has 0 aromatic rings. The first kappa shape index (κ1) is 59.9. The molecule has 1 fully saturated rings. The Hall–Kier alpha value is -1.07. The van der Waals surface area contributed by atoms with Gasteiger partial charge in [-0.05, 0) is 101 Å². The number of aliphatic hydroxyl groups is 1. The Labute approximate surface area is 395 Å². The van der Waals surface area contributed by atoms with E-state index < -0.39 is 0 Å². The molecule has 0 heterocycles. The van der Waals surface area contributed by atoms with E-state index in [0.29, 0.717) is 24.9 Å². The third kappa shape index (κ3) is 38.7. The van der Waals surface area contributed by atoms with E-state index in [2.05, 4.69) is 32.6 Å². The first-order chi connectivity index (χ1) is 31.1. The minimum atomic E-state index is 0.00289. The number of esters is 1. The van der Waals surface area contributed by atoms with Gasteiger partial charge in [-0.2, -0.15) is 0 Å². The Morgan fingerprint density at radius 2 is 0.794 bits per heavy atom. The summed E-state index contributed by atoms with van der Waals surface area (Å²) in [6, 6.07) is 0. The predicted octanol–water partition coefficient (Wildman–Crippen LogP) is 18.2. The monoisotopic (exact) mass is 888 g/mol. The zero-order valence-electron chi connectivity index (χ0n) is 43.4. The largest absolute Gasteiger partial charge is 0.498 e. The summed E-state index contributed by atoms with van der Waals surface area (Å²) in [7, 11) is 0. The highest BCUT2D eigenvalue weighted by atomic mass is 16.5. The number of nitrogens with zero attached hydrogens (tertiary/aromatic N) is 1. The average Bonchev–Trinajstić information content (AvgIpc) is 3.26. The Bertz CT molecular complexity index is 976. The maximum Gasteiger partial charge on any atom is 0.305 e. The van der Waals surface area contributed by atoms with Crippen molar-refractivity contribution in [2.75, 3.05) is 39.5 Å². The summed E-state index contributed by atoms with van der Waals surface area (Å²) in [4.78, 5) is 15.2. The second-order valence-corrected chi connectivity index (χ2v) is 20.4. The fourth-order valence-corrected chi connectivity index (χ4v) is 9.72. The second-order valence-electron chi connectivity index (χ2n) is 20.4. The molecule has 5 nitrogen and oxygen atoms in total. The van der Waals surface area contributed by atoms with E-state index in [1.807, 2.05) is 0 Å². The van der Waals surface area contributed by atoms with Crippen LogP contribution in [0.1, 0.15) is 304 Å². The summed E-state index contributed by atoms with van der Waals surface area (Å²) in [5.41, 5.74) is 1.61. The summed E-state index contributed by atoms with van der Waals surface area (Å²) in [5.74, 6) is 2.60. The van der Waals surface area contributed by atoms with Crippen LogP contribution in [0.15, 0.2) is 11.3 Å². The molecule has 1 rings (SSSR count). The lowest BCUT2D eigenvalue weighted by atomic mass is 9.89. The molecular formula is C58H113NO4. The first-order valence-electron chi connectivity index (χ1n) is 28.9. The average molecular weight is 889 g/mol. The molecule has 2 atom stereocenters. The number of aliphatic hydroxyl groups excluding tert-OH is 1. The smallest absolute Gasteiger partial charge is 0.305 e. The van der Waals surface area contributed by atoms with Crippen LogP contribution in [-0.2, 0) is 14.3 Å². The van der Waals surface area contributed by atoms with E-state index in [9.17, 15) is 9.90 Å². The Morgan fingerprint density at radius 3 is 1.16 bits per heavy atom. The lowest BCUT2D eigenvalue weighted by Crippen LogP contribution is -2.29. The summed E-state index contributed by atoms with van der Waals surface area (Å²) < 4.78 is 12.7. The Morgan fingerprint density at radius 1 is 0.444 bits per heavy atom. The molecule has 0 saturated heterocycles. The molecule has 0 aliphatic heterocycles. The normalized spacial score (nSPS) is 13.7. The number of carbonyl (C=O) groups excluding carboxylic acids is 1. The summed E-state index contributed by atoms with van der Waals surface area (Å²) in [6.45, 7) is 13.8. The second kappa shape index (κ2) is 47.4. The molecule has 374 valence electrons. The standard InChI is InChI=1S/C58H113NO4/c1-5-9-13-17-21-23-27-33-41-54(40-31-25-19-15-11-7-3)52-62-57(56-44-39-45-56)46-35-29-37-48-59(50-51-60)49-38-30-36-47-58(61)63-53-55(42-32-26-20-16-12-8-4)43-34-28-24-22-18-14-10-6-2/h54-55,60H,5-53H2,1-4H3. The molecule has 1 aliphatic carbocycles. The molecule has 1 aliphatic rings. The zero-order valence-corrected chi connectivity index (χ0v) is 43.4. The van der Waals surface area contributed by atoms with Crippen LogP contribution in [0.5, 0.6) is 0 Å². The molecule has 0 bridgehead atoms. The zero-order chi connectivity index (χ0) is 45.5. The molecule has 1 N–H and O–H groups in total. The number of allylic oxidation sites excluding steroid dienone is 2. The SMILES string of the molecule is CCCCCCCCCCC(CCCCCCCC)COC(=O)CCCCCN(CCO)CCCCCC(OCC(CCCCCCCC)CCCCCCCCCC)=C1CCC1. The first-order valence-corrected chi connectivity index (χ1v) is 28.9. The highest BCUT2D eigenvalue weighted by Gasteiger charge is 2.18. The Balaban J connectivity index is 2.39. The van der Waals surface area contributed by atoms with Gasteiger partial charge in [-0.1, -0.05) is 220 Å². The highest BCUT2D eigenvalue weighted by Crippen LogP contribution is 2.33. The molecule has 0 radical (unpaired) electrons. The van der Waals surface area contributed by atoms with Crippen molar-refractivity contribution < 1.29 is 19.4 Å². The van der Waals surface area contributed by atoms with Gasteiger partial charge in [0, 0.05) is 19.4 Å². The molecule has 0 aromatic carbocycles. The van der Waals surface area contributed by atoms with Crippen molar-refractivity contribution in [3.8, 4) is 0 Å². The number of ether oxygens (including phenoxy) is 2. The minimum Gasteiger partial charge on any atom is -0.498 e. The summed E-state index contributed by atoms with van der Waals surface area (Å²) >= 11 is 0. The molecule has 2 unspecified atom stereocenters. The fourth-order valence-electron chi connectivity index (χ4n) is 9.72. The van der Waals surface area contributed by atoms with Gasteiger partial charge >= 0.3 is 5.97 Å². The van der Waals surface area contributed by atoms with Crippen LogP contribution < -0.4 is 0 Å². The lowest BCUT2D eigenvalue weighted by Gasteiger charge is -2.25. The van der Waals surface area contributed by atoms with Crippen molar-refractivity contribution >= 4 is 5.97 Å². The van der Waals surface area contributed by atoms with E-state index in [-0.39, 0.29) is 12.6 Å². The summed E-state index contributed by atoms with van der Waals surface area (Å²) in [5, 5.41) is 9.81. The number of carbonyl (C=O) groups is 1. The van der Waals surface area contributed by atoms with Crippen LogP contribution in [0.25, 0.3) is 0 Å². The van der Waals surface area contributed by atoms with Crippen LogP contribution in [0, 0.1) is 11.8 Å². The maximum absolute atomic E-state index is 12.8. The summed E-state index contributed by atoms with van der Waals surface area (Å²) in [6.07, 6.45) is 55.5. The van der Waals surface area contributed by atoms with Crippen molar-refractivity contribution in [3.05, 3.63) is 11.3 Å². The van der Waals surface area contributed by atoms with Crippen LogP contribution in [-0.4, -0.2) is 55.4 Å². The van der Waals surface area contributed by atoms with Crippen molar-refractivity contribution in [1.29, 1.82) is 0 Å². The quantitative estimate of drug-likeness (QED) is 0.0375. The molecule has 63 heavy (non-hydrogen) atoms. The van der Waals surface area contributed by atoms with Gasteiger partial charge in [-0.3, -0.25) is 4.79 Å². The number of hydrogen-bond acceptors (Lipinski definition) is 5. The van der Waals surface area contributed by atoms with E-state index in [0.717, 1.165) is 51.9 Å². The van der Waals surface area contributed by atoms with Gasteiger partial charge in [0.2, 0.25) is 0 Å². The fraction of sp³-hybridized carbons (Fsp3) is 0.948. The third-order valence-electron chi connectivity index (χ3n) is 14.3. The predicted molar refractivity (Wildman–Crippen MR) is 276 cm³/mol. The van der Waals surface area contributed by atoms with Gasteiger partial charge < -0.3 is 19.5 Å². The third-order valence-corrected chi connectivity index (χ3v) is 14.3. The van der Waals surface area contributed by atoms with Crippen molar-refractivity contribution in [1.82, 2.24) is 4.90 Å². The maximum atomic E-state index is 12.8. The molecule has 0 aromatic heterocycles. The van der Waals surface area contributed by atoms with Gasteiger partial charge in [-0.15, -0.1) is 0 Å². The minimum absolute atomic E-state index is 0.00289. The van der Waals surface area contributed by atoms with Crippen LogP contribution in [0.4, 0.5) is 0 Å². The van der Waals surface area contributed by atoms with Gasteiger partial charge in [0.15, 0.2) is 0 Å². The number of unbranched alkanes of at least 4 members (excludes halogenated alkanes) is 28. The van der Waals surface area contributed by atoms with Crippen molar-refractivity contribution in [3.63, 3.8) is 0 Å². The van der Waals surface area contributed by atoms with Gasteiger partial charge in [0.25, 0.3) is 0 Å². The molecule has 0 spiro atoms. The van der Waals surface area contributed by atoms with Crippen molar-refractivity contribution in [2.45, 2.75) is 304 Å². The van der Waals surface area contributed by atoms with Gasteiger partial charge in [0.05, 0.1) is 25.6 Å². The van der Waals surface area contributed by atoms with Crippen LogP contribution >= 0.6 is 0 Å². The van der Waals surface area contributed by atoms with Crippen molar-refractivity contribution in [2.24, 2.45) is 11.8 Å². The van der Waals surface area contributed by atoms with E-state index in [4.69, 9.17) is 9.47 Å². The van der Waals surface area contributed by atoms with Gasteiger partial charge in [0.1, 0.15) is 0 Å². The molecule has 1 saturated carbocycles. The Kier molecular flexibility index (Phi) is 45.1. The number of hydrogen-bond donors (Lipinski definition) is 1.